The van der Waals surface area contributed by atoms with E-state index in [-0.39, 0.29) is 32.1 Å². The minimum absolute atomic E-state index is 0.0357. The van der Waals surface area contributed by atoms with Crippen molar-refractivity contribution in [1.29, 1.82) is 0 Å². The van der Waals surface area contributed by atoms with Crippen LogP contribution in [0.3, 0.4) is 0 Å². The van der Waals surface area contributed by atoms with Crippen LogP contribution in [0.5, 0.6) is 0 Å². The maximum atomic E-state index is 12.5. The zero-order valence-corrected chi connectivity index (χ0v) is 17.1. The van der Waals surface area contributed by atoms with Crippen LogP contribution < -0.4 is 0 Å². The Morgan fingerprint density at radius 1 is 1.04 bits per heavy atom. The molecule has 0 radical (unpaired) electrons. The molecule has 0 aromatic rings. The fourth-order valence-electron chi connectivity index (χ4n) is 3.03. The summed E-state index contributed by atoms with van der Waals surface area (Å²) in [6, 6.07) is -0.232. The standard InChI is InChI=1S/C19H33NO7/c1-6-25-15(21)19(24,16(22)26-7-2)12-11-14-10-8-9-13-20(14)17(23)27-18(3,4)5/h14,24H,6-13H2,1-5H3/t14-/m0/s1. The van der Waals surface area contributed by atoms with Crippen molar-refractivity contribution in [2.24, 2.45) is 0 Å². The fourth-order valence-corrected chi connectivity index (χ4v) is 3.03. The van der Waals surface area contributed by atoms with Crippen molar-refractivity contribution in [2.75, 3.05) is 19.8 Å². The number of nitrogens with zero attached hydrogens (tertiary/aromatic N) is 1. The van der Waals surface area contributed by atoms with Crippen molar-refractivity contribution in [3.8, 4) is 0 Å². The average Bonchev–Trinajstić information content (AvgIpc) is 2.58. The summed E-state index contributed by atoms with van der Waals surface area (Å²) in [5.74, 6) is -2.05. The van der Waals surface area contributed by atoms with Gasteiger partial charge in [0.2, 0.25) is 0 Å². The zero-order chi connectivity index (χ0) is 20.7. The Kier molecular flexibility index (Phi) is 8.53. The number of piperidine rings is 1. The number of ether oxygens (including phenoxy) is 3. The van der Waals surface area contributed by atoms with Crippen molar-refractivity contribution >= 4 is 18.0 Å². The van der Waals surface area contributed by atoms with Gasteiger partial charge in [0.1, 0.15) is 5.60 Å². The molecule has 8 nitrogen and oxygen atoms in total. The van der Waals surface area contributed by atoms with Gasteiger partial charge in [0.05, 0.1) is 13.2 Å². The molecule has 1 fully saturated rings. The van der Waals surface area contributed by atoms with Gasteiger partial charge in [0, 0.05) is 19.0 Å². The molecule has 1 atom stereocenters. The van der Waals surface area contributed by atoms with Crippen LogP contribution in [0, 0.1) is 0 Å². The molecule has 27 heavy (non-hydrogen) atoms. The Morgan fingerprint density at radius 3 is 2.07 bits per heavy atom. The highest BCUT2D eigenvalue weighted by Crippen LogP contribution is 2.27. The summed E-state index contributed by atoms with van der Waals surface area (Å²) in [5.41, 5.74) is -2.99. The van der Waals surface area contributed by atoms with E-state index >= 15 is 0 Å². The molecule has 0 bridgehead atoms. The van der Waals surface area contributed by atoms with Gasteiger partial charge in [-0.1, -0.05) is 0 Å². The lowest BCUT2D eigenvalue weighted by atomic mass is 9.91. The highest BCUT2D eigenvalue weighted by atomic mass is 16.6. The molecular formula is C19H33NO7. The van der Waals surface area contributed by atoms with Gasteiger partial charge in [-0.25, -0.2) is 14.4 Å². The largest absolute Gasteiger partial charge is 0.463 e. The van der Waals surface area contributed by atoms with Crippen LogP contribution >= 0.6 is 0 Å². The Balaban J connectivity index is 2.88. The van der Waals surface area contributed by atoms with Gasteiger partial charge < -0.3 is 24.2 Å². The molecule has 0 unspecified atom stereocenters. The van der Waals surface area contributed by atoms with Crippen LogP contribution in [0.25, 0.3) is 0 Å². The van der Waals surface area contributed by atoms with Gasteiger partial charge in [0.25, 0.3) is 5.60 Å². The summed E-state index contributed by atoms with van der Waals surface area (Å²) in [6.45, 7) is 9.18. The third kappa shape index (κ3) is 6.68. The molecule has 0 aliphatic carbocycles. The van der Waals surface area contributed by atoms with E-state index in [0.717, 1.165) is 12.8 Å². The number of hydrogen-bond acceptors (Lipinski definition) is 7. The maximum absolute atomic E-state index is 12.5. The van der Waals surface area contributed by atoms with Crippen LogP contribution in [0.15, 0.2) is 0 Å². The van der Waals surface area contributed by atoms with Gasteiger partial charge >= 0.3 is 18.0 Å². The molecule has 1 N–H and O–H groups in total. The number of esters is 2. The monoisotopic (exact) mass is 387 g/mol. The fraction of sp³-hybridized carbons (Fsp3) is 0.842. The van der Waals surface area contributed by atoms with Crippen molar-refractivity contribution in [2.45, 2.75) is 84.0 Å². The first kappa shape index (κ1) is 23.2. The maximum Gasteiger partial charge on any atom is 0.410 e. The third-order valence-corrected chi connectivity index (χ3v) is 4.32. The van der Waals surface area contributed by atoms with Gasteiger partial charge in [-0.2, -0.15) is 0 Å². The first-order chi connectivity index (χ1) is 12.5. The van der Waals surface area contributed by atoms with Crippen LogP contribution in [0.1, 0.15) is 66.7 Å². The highest BCUT2D eigenvalue weighted by molar-refractivity contribution is 6.03. The number of amides is 1. The predicted molar refractivity (Wildman–Crippen MR) is 98.0 cm³/mol. The Labute approximate surface area is 161 Å². The van der Waals surface area contributed by atoms with Crippen molar-refractivity contribution in [1.82, 2.24) is 4.90 Å². The van der Waals surface area contributed by atoms with Crippen molar-refractivity contribution in [3.63, 3.8) is 0 Å². The molecule has 0 saturated carbocycles. The SMILES string of the molecule is CCOC(=O)C(O)(CC[C@@H]1CCCCN1C(=O)OC(C)(C)C)C(=O)OCC. The minimum Gasteiger partial charge on any atom is -0.463 e. The van der Waals surface area contributed by atoms with E-state index < -0.39 is 29.2 Å². The van der Waals surface area contributed by atoms with Crippen LogP contribution in [-0.2, 0) is 23.8 Å². The molecule has 1 amide bonds. The van der Waals surface area contributed by atoms with Crippen LogP contribution in [-0.4, -0.2) is 65.0 Å². The minimum atomic E-state index is -2.37. The number of likely N-dealkylation sites (tertiary alicyclic amines) is 1. The number of rotatable bonds is 7. The Hall–Kier alpha value is -1.83. The second-order valence-electron chi connectivity index (χ2n) is 7.66. The predicted octanol–water partition coefficient (Wildman–Crippen LogP) is 2.41. The first-order valence-corrected chi connectivity index (χ1v) is 9.61. The van der Waals surface area contributed by atoms with Crippen molar-refractivity contribution < 1.29 is 33.7 Å². The lowest BCUT2D eigenvalue weighted by Gasteiger charge is -2.37. The van der Waals surface area contributed by atoms with Gasteiger partial charge in [-0.15, -0.1) is 0 Å². The summed E-state index contributed by atoms with van der Waals surface area (Å²) in [4.78, 5) is 38.5. The van der Waals surface area contributed by atoms with Crippen LogP contribution in [0.2, 0.25) is 0 Å². The lowest BCUT2D eigenvalue weighted by Crippen LogP contribution is -2.51. The second-order valence-corrected chi connectivity index (χ2v) is 7.66. The highest BCUT2D eigenvalue weighted by Gasteiger charge is 2.48. The molecule has 0 aromatic carbocycles. The van der Waals surface area contributed by atoms with E-state index in [1.165, 1.54) is 0 Å². The van der Waals surface area contributed by atoms with E-state index in [2.05, 4.69) is 0 Å². The van der Waals surface area contributed by atoms with E-state index in [9.17, 15) is 19.5 Å². The van der Waals surface area contributed by atoms with Gasteiger partial charge in [-0.05, 0) is 60.3 Å². The molecule has 1 heterocycles. The third-order valence-electron chi connectivity index (χ3n) is 4.32. The summed E-state index contributed by atoms with van der Waals surface area (Å²) in [7, 11) is 0. The Bertz CT molecular complexity index is 509. The van der Waals surface area contributed by atoms with E-state index in [1.54, 1.807) is 39.5 Å². The lowest BCUT2D eigenvalue weighted by molar-refractivity contribution is -0.184. The second kappa shape index (κ2) is 9.92. The van der Waals surface area contributed by atoms with E-state index in [1.807, 2.05) is 0 Å². The van der Waals surface area contributed by atoms with Gasteiger partial charge in [0.15, 0.2) is 0 Å². The van der Waals surface area contributed by atoms with Gasteiger partial charge in [-0.3, -0.25) is 0 Å². The number of carbonyl (C=O) groups is 3. The van der Waals surface area contributed by atoms with Crippen molar-refractivity contribution in [3.05, 3.63) is 0 Å². The number of aliphatic hydroxyl groups is 1. The van der Waals surface area contributed by atoms with E-state index in [4.69, 9.17) is 14.2 Å². The molecule has 8 heteroatoms. The normalized spacial score (nSPS) is 18.0. The smallest absolute Gasteiger partial charge is 0.410 e. The summed E-state index contributed by atoms with van der Waals surface area (Å²) >= 11 is 0. The quantitative estimate of drug-likeness (QED) is 0.406. The molecule has 1 rings (SSSR count). The van der Waals surface area contributed by atoms with Crippen LogP contribution in [0.4, 0.5) is 4.79 Å². The molecule has 1 aliphatic heterocycles. The molecule has 1 saturated heterocycles. The Morgan fingerprint density at radius 2 is 1.59 bits per heavy atom. The molecule has 0 aromatic heterocycles. The number of hydrogen-bond donors (Lipinski definition) is 1. The molecule has 1 aliphatic rings. The van der Waals surface area contributed by atoms with E-state index in [0.29, 0.717) is 13.0 Å². The zero-order valence-electron chi connectivity index (χ0n) is 17.1. The molecule has 156 valence electrons. The average molecular weight is 387 g/mol. The topological polar surface area (TPSA) is 102 Å². The molecular weight excluding hydrogens is 354 g/mol. The summed E-state index contributed by atoms with van der Waals surface area (Å²) in [5, 5.41) is 10.7. The number of carbonyl (C=O) groups excluding carboxylic acids is 3. The molecule has 0 spiro atoms. The summed E-state index contributed by atoms with van der Waals surface area (Å²) in [6.07, 6.45) is 2.13. The first-order valence-electron chi connectivity index (χ1n) is 9.61. The summed E-state index contributed by atoms with van der Waals surface area (Å²) < 4.78 is 15.2.